The molecule has 0 saturated carbocycles. The minimum absolute atomic E-state index is 0.101. The van der Waals surface area contributed by atoms with Gasteiger partial charge in [0.15, 0.2) is 12.2 Å². The summed E-state index contributed by atoms with van der Waals surface area (Å²) in [5.41, 5.74) is 0. The van der Waals surface area contributed by atoms with Crippen LogP contribution in [0.2, 0.25) is 0 Å². The van der Waals surface area contributed by atoms with E-state index in [4.69, 9.17) is 37.0 Å². The summed E-state index contributed by atoms with van der Waals surface area (Å²) in [6, 6.07) is 0. The standard InChI is InChI=1S/C76H148O17P2/c1-9-69(8)55-47-39-33-35-41-49-57-74(79)87-63-72(93-76(81)59-51-43-34-32-38-46-54-68(6)7)65-91-95(84,85)89-61-70(77)60-88-94(82,83)90-64-71(62-86-73(78)56-48-40-30-26-22-19-18-21-25-29-37-45-53-67(4)5)92-75(80)58-50-42-31-27-23-17-15-13-11-10-12-14-16-20-24-28-36-44-52-66(2)3/h66-72,77H,9-65H2,1-8H3,(H,82,83)(H,84,85)/t69?,70-,71-,72-/m1/s1. The number of phosphoric ester groups is 2. The molecule has 0 spiro atoms. The summed E-state index contributed by atoms with van der Waals surface area (Å²) in [5, 5.41) is 10.6. The largest absolute Gasteiger partial charge is 0.472 e. The maximum Gasteiger partial charge on any atom is 0.472 e. The molecule has 0 aliphatic carbocycles. The van der Waals surface area contributed by atoms with Gasteiger partial charge in [0, 0.05) is 25.7 Å². The predicted molar refractivity (Wildman–Crippen MR) is 386 cm³/mol. The van der Waals surface area contributed by atoms with Crippen LogP contribution >= 0.6 is 15.6 Å². The molecule has 95 heavy (non-hydrogen) atoms. The lowest BCUT2D eigenvalue weighted by Crippen LogP contribution is -2.30. The number of phosphoric acid groups is 2. The SMILES string of the molecule is CCC(C)CCCCCCCCC(=O)OC[C@H](COP(=O)(O)OC[C@H](O)COP(=O)(O)OC[C@@H](COC(=O)CCCCCCCCCCCCCCC(C)C)OC(=O)CCCCCCCCCCCCCCCCCCCCC(C)C)OC(=O)CCCCCCCCC(C)C. The van der Waals surface area contributed by atoms with Crippen LogP contribution in [-0.4, -0.2) is 96.7 Å². The van der Waals surface area contributed by atoms with Gasteiger partial charge in [0.1, 0.15) is 19.3 Å². The molecule has 0 bridgehead atoms. The third-order valence-electron chi connectivity index (χ3n) is 17.9. The number of carbonyl (C=O) groups excluding carboxylic acids is 4. The maximum absolute atomic E-state index is 13.1. The van der Waals surface area contributed by atoms with Crippen molar-refractivity contribution in [2.45, 2.75) is 401 Å². The van der Waals surface area contributed by atoms with Crippen LogP contribution in [0, 0.1) is 23.7 Å². The summed E-state index contributed by atoms with van der Waals surface area (Å²) in [5.74, 6) is 0.875. The zero-order valence-corrected chi connectivity index (χ0v) is 64.1. The van der Waals surface area contributed by atoms with E-state index in [1.807, 2.05) is 0 Å². The molecule has 0 aromatic rings. The number of esters is 4. The molecule has 0 fully saturated rings. The van der Waals surface area contributed by atoms with E-state index in [0.717, 1.165) is 114 Å². The molecule has 0 amide bonds. The van der Waals surface area contributed by atoms with Gasteiger partial charge < -0.3 is 33.8 Å². The molecule has 6 atom stereocenters. The highest BCUT2D eigenvalue weighted by Crippen LogP contribution is 2.45. The summed E-state index contributed by atoms with van der Waals surface area (Å²) in [7, 11) is -9.91. The Balaban J connectivity index is 5.19. The third-order valence-corrected chi connectivity index (χ3v) is 19.8. The molecule has 0 aromatic heterocycles. The Morgan fingerprint density at radius 1 is 0.295 bits per heavy atom. The van der Waals surface area contributed by atoms with E-state index >= 15 is 0 Å². The van der Waals surface area contributed by atoms with Crippen molar-refractivity contribution in [3.8, 4) is 0 Å². The van der Waals surface area contributed by atoms with Crippen LogP contribution in [0.25, 0.3) is 0 Å². The van der Waals surface area contributed by atoms with Gasteiger partial charge in [0.2, 0.25) is 0 Å². The molecular weight excluding hydrogens is 1250 g/mol. The Labute approximate surface area is 581 Å². The first-order valence-corrected chi connectivity index (χ1v) is 42.2. The van der Waals surface area contributed by atoms with Crippen molar-refractivity contribution in [2.24, 2.45) is 23.7 Å². The van der Waals surface area contributed by atoms with Crippen molar-refractivity contribution >= 4 is 39.5 Å². The Bertz CT molecular complexity index is 1870. The zero-order chi connectivity index (χ0) is 70.3. The lowest BCUT2D eigenvalue weighted by Gasteiger charge is -2.21. The minimum Gasteiger partial charge on any atom is -0.462 e. The average Bonchev–Trinajstić information content (AvgIpc) is 1.88. The second-order valence-electron chi connectivity index (χ2n) is 29.1. The Kier molecular flexibility index (Phi) is 64.0. The van der Waals surface area contributed by atoms with E-state index in [9.17, 15) is 43.2 Å². The summed E-state index contributed by atoms with van der Waals surface area (Å²) >= 11 is 0. The molecule has 0 radical (unpaired) electrons. The summed E-state index contributed by atoms with van der Waals surface area (Å²) in [4.78, 5) is 72.7. The van der Waals surface area contributed by atoms with Gasteiger partial charge in [-0.25, -0.2) is 9.13 Å². The fourth-order valence-electron chi connectivity index (χ4n) is 11.5. The van der Waals surface area contributed by atoms with Gasteiger partial charge in [-0.05, 0) is 49.4 Å². The summed E-state index contributed by atoms with van der Waals surface area (Å²) < 4.78 is 68.4. The molecule has 564 valence electrons. The van der Waals surface area contributed by atoms with Gasteiger partial charge >= 0.3 is 39.5 Å². The molecule has 0 saturated heterocycles. The van der Waals surface area contributed by atoms with Gasteiger partial charge in [-0.3, -0.25) is 37.3 Å². The Morgan fingerprint density at radius 3 is 0.747 bits per heavy atom. The number of hydrogen-bond donors (Lipinski definition) is 3. The van der Waals surface area contributed by atoms with Crippen molar-refractivity contribution in [1.82, 2.24) is 0 Å². The van der Waals surface area contributed by atoms with Crippen LogP contribution in [0.15, 0.2) is 0 Å². The smallest absolute Gasteiger partial charge is 0.462 e. The number of hydrogen-bond acceptors (Lipinski definition) is 15. The first-order valence-electron chi connectivity index (χ1n) is 39.2. The van der Waals surface area contributed by atoms with E-state index in [0.29, 0.717) is 31.6 Å². The van der Waals surface area contributed by atoms with E-state index in [-0.39, 0.29) is 25.7 Å². The molecule has 0 aromatic carbocycles. The van der Waals surface area contributed by atoms with Gasteiger partial charge in [0.25, 0.3) is 0 Å². The first-order chi connectivity index (χ1) is 45.6. The molecule has 19 heteroatoms. The van der Waals surface area contributed by atoms with Gasteiger partial charge in [-0.15, -0.1) is 0 Å². The fourth-order valence-corrected chi connectivity index (χ4v) is 13.1. The lowest BCUT2D eigenvalue weighted by atomic mass is 10.00. The van der Waals surface area contributed by atoms with Crippen molar-refractivity contribution in [3.63, 3.8) is 0 Å². The normalized spacial score (nSPS) is 14.4. The van der Waals surface area contributed by atoms with Crippen LogP contribution < -0.4 is 0 Å². The Morgan fingerprint density at radius 2 is 0.505 bits per heavy atom. The summed E-state index contributed by atoms with van der Waals surface area (Å²) in [6.45, 7) is 14.1. The van der Waals surface area contributed by atoms with Crippen LogP contribution in [-0.2, 0) is 65.4 Å². The van der Waals surface area contributed by atoms with Crippen molar-refractivity contribution < 1.29 is 80.2 Å². The van der Waals surface area contributed by atoms with E-state index in [1.54, 1.807) is 0 Å². The molecule has 0 aliphatic rings. The molecule has 0 heterocycles. The maximum atomic E-state index is 13.1. The monoisotopic (exact) mass is 1400 g/mol. The topological polar surface area (TPSA) is 237 Å². The number of unbranched alkanes of at least 4 members (excludes halogenated alkanes) is 38. The molecular formula is C76H148O17P2. The number of carbonyl (C=O) groups is 4. The van der Waals surface area contributed by atoms with Crippen molar-refractivity contribution in [3.05, 3.63) is 0 Å². The van der Waals surface area contributed by atoms with E-state index in [2.05, 4.69) is 55.4 Å². The van der Waals surface area contributed by atoms with Crippen molar-refractivity contribution in [1.29, 1.82) is 0 Å². The van der Waals surface area contributed by atoms with E-state index in [1.165, 1.54) is 180 Å². The first kappa shape index (κ1) is 93.1. The summed E-state index contributed by atoms with van der Waals surface area (Å²) in [6.07, 6.45) is 50.3. The van der Waals surface area contributed by atoms with Crippen molar-refractivity contribution in [2.75, 3.05) is 39.6 Å². The lowest BCUT2D eigenvalue weighted by molar-refractivity contribution is -0.161. The van der Waals surface area contributed by atoms with Crippen LogP contribution in [0.3, 0.4) is 0 Å². The highest BCUT2D eigenvalue weighted by molar-refractivity contribution is 7.47. The highest BCUT2D eigenvalue weighted by atomic mass is 31.2. The highest BCUT2D eigenvalue weighted by Gasteiger charge is 2.30. The molecule has 3 N–H and O–H groups in total. The number of aliphatic hydroxyl groups is 1. The second-order valence-corrected chi connectivity index (χ2v) is 32.0. The molecule has 3 unspecified atom stereocenters. The van der Waals surface area contributed by atoms with Gasteiger partial charge in [0.05, 0.1) is 26.4 Å². The zero-order valence-electron chi connectivity index (χ0n) is 62.3. The second kappa shape index (κ2) is 65.4. The quantitative estimate of drug-likeness (QED) is 0.0222. The Hall–Kier alpha value is -1.94. The van der Waals surface area contributed by atoms with Crippen LogP contribution in [0.5, 0.6) is 0 Å². The van der Waals surface area contributed by atoms with Gasteiger partial charge in [-0.2, -0.15) is 0 Å². The van der Waals surface area contributed by atoms with Gasteiger partial charge in [-0.1, -0.05) is 331 Å². The molecule has 0 rings (SSSR count). The minimum atomic E-state index is -4.96. The molecule has 0 aliphatic heterocycles. The number of ether oxygens (including phenoxy) is 4. The fraction of sp³-hybridized carbons (Fsp3) is 0.947. The van der Waals surface area contributed by atoms with E-state index < -0.39 is 97.5 Å². The van der Waals surface area contributed by atoms with Crippen LogP contribution in [0.4, 0.5) is 0 Å². The van der Waals surface area contributed by atoms with Crippen LogP contribution in [0.1, 0.15) is 383 Å². The number of aliphatic hydroxyl groups excluding tert-OH is 1. The number of rotatable bonds is 73. The average molecular weight is 1400 g/mol. The third kappa shape index (κ3) is 69.0. The predicted octanol–water partition coefficient (Wildman–Crippen LogP) is 22.0. The molecule has 17 nitrogen and oxygen atoms in total.